The maximum atomic E-state index is 9.31. The summed E-state index contributed by atoms with van der Waals surface area (Å²) in [4.78, 5) is 0. The molecular formula is C11H14BrNO. The van der Waals surface area contributed by atoms with Crippen LogP contribution in [0.1, 0.15) is 18.4 Å². The Balaban J connectivity index is 1.89. The molecule has 0 amide bonds. The Morgan fingerprint density at radius 3 is 2.93 bits per heavy atom. The van der Waals surface area contributed by atoms with E-state index in [0.29, 0.717) is 5.75 Å². The van der Waals surface area contributed by atoms with Crippen LogP contribution in [-0.2, 0) is 6.54 Å². The first-order valence-electron chi connectivity index (χ1n) is 4.94. The molecule has 0 bridgehead atoms. The first-order chi connectivity index (χ1) is 6.75. The molecular weight excluding hydrogens is 242 g/mol. The van der Waals surface area contributed by atoms with Crippen molar-refractivity contribution in [3.8, 4) is 5.75 Å². The molecule has 0 atom stereocenters. The van der Waals surface area contributed by atoms with Crippen molar-refractivity contribution in [2.75, 3.05) is 6.54 Å². The molecule has 1 aliphatic carbocycles. The Hall–Kier alpha value is -0.540. The fourth-order valence-electron chi connectivity index (χ4n) is 1.43. The summed E-state index contributed by atoms with van der Waals surface area (Å²) in [6.45, 7) is 1.92. The highest BCUT2D eigenvalue weighted by Gasteiger charge is 2.20. The highest BCUT2D eigenvalue weighted by Crippen LogP contribution is 2.28. The van der Waals surface area contributed by atoms with Gasteiger partial charge >= 0.3 is 0 Å². The second kappa shape index (κ2) is 4.32. The lowest BCUT2D eigenvalue weighted by atomic mass is 10.2. The van der Waals surface area contributed by atoms with Crippen LogP contribution < -0.4 is 5.32 Å². The van der Waals surface area contributed by atoms with E-state index >= 15 is 0 Å². The predicted molar refractivity (Wildman–Crippen MR) is 60.2 cm³/mol. The molecule has 2 rings (SSSR count). The summed E-state index contributed by atoms with van der Waals surface area (Å²) in [6.07, 6.45) is 2.74. The molecule has 1 saturated carbocycles. The van der Waals surface area contributed by atoms with Gasteiger partial charge in [-0.1, -0.05) is 15.9 Å². The lowest BCUT2D eigenvalue weighted by molar-refractivity contribution is 0.474. The van der Waals surface area contributed by atoms with E-state index < -0.39 is 0 Å². The second-order valence-corrected chi connectivity index (χ2v) is 4.70. The van der Waals surface area contributed by atoms with Crippen molar-refractivity contribution >= 4 is 15.9 Å². The van der Waals surface area contributed by atoms with E-state index in [1.165, 1.54) is 12.8 Å². The van der Waals surface area contributed by atoms with E-state index in [9.17, 15) is 5.11 Å². The highest BCUT2D eigenvalue weighted by atomic mass is 79.9. The number of nitrogens with one attached hydrogen (secondary N) is 1. The summed E-state index contributed by atoms with van der Waals surface area (Å²) in [7, 11) is 0. The van der Waals surface area contributed by atoms with Crippen LogP contribution in [0.3, 0.4) is 0 Å². The minimum Gasteiger partial charge on any atom is -0.508 e. The van der Waals surface area contributed by atoms with Crippen LogP contribution in [0, 0.1) is 5.92 Å². The van der Waals surface area contributed by atoms with Crippen LogP contribution in [0.15, 0.2) is 22.7 Å². The van der Waals surface area contributed by atoms with Crippen molar-refractivity contribution < 1.29 is 5.11 Å². The Morgan fingerprint density at radius 1 is 1.43 bits per heavy atom. The van der Waals surface area contributed by atoms with Gasteiger partial charge in [0.15, 0.2) is 0 Å². The van der Waals surface area contributed by atoms with Crippen molar-refractivity contribution in [1.29, 1.82) is 0 Å². The third-order valence-electron chi connectivity index (χ3n) is 2.47. The Labute approximate surface area is 92.5 Å². The number of hydrogen-bond acceptors (Lipinski definition) is 2. The Bertz CT molecular complexity index is 323. The molecule has 2 nitrogen and oxygen atoms in total. The fourth-order valence-corrected chi connectivity index (χ4v) is 1.82. The van der Waals surface area contributed by atoms with Gasteiger partial charge in [-0.15, -0.1) is 0 Å². The first-order valence-corrected chi connectivity index (χ1v) is 5.73. The average molecular weight is 256 g/mol. The molecule has 14 heavy (non-hydrogen) atoms. The van der Waals surface area contributed by atoms with E-state index in [-0.39, 0.29) is 0 Å². The SMILES string of the molecule is Oc1ccc(Br)c(CNCC2CC2)c1. The standard InChI is InChI=1S/C11H14BrNO/c12-11-4-3-10(14)5-9(11)7-13-6-8-1-2-8/h3-5,8,13-14H,1-2,6-7H2. The van der Waals surface area contributed by atoms with E-state index in [1.807, 2.05) is 6.07 Å². The zero-order valence-corrected chi connectivity index (χ0v) is 9.55. The van der Waals surface area contributed by atoms with Gasteiger partial charge in [-0.3, -0.25) is 0 Å². The molecule has 2 N–H and O–H groups in total. The molecule has 0 spiro atoms. The number of phenolic OH excluding ortho intramolecular Hbond substituents is 1. The van der Waals surface area contributed by atoms with Gasteiger partial charge in [0.25, 0.3) is 0 Å². The summed E-state index contributed by atoms with van der Waals surface area (Å²) in [6, 6.07) is 5.36. The van der Waals surface area contributed by atoms with Gasteiger partial charge in [0.05, 0.1) is 0 Å². The third kappa shape index (κ3) is 2.72. The van der Waals surface area contributed by atoms with Gasteiger partial charge in [-0.25, -0.2) is 0 Å². The van der Waals surface area contributed by atoms with Gasteiger partial charge in [-0.2, -0.15) is 0 Å². The number of rotatable bonds is 4. The van der Waals surface area contributed by atoms with E-state index in [1.54, 1.807) is 12.1 Å². The van der Waals surface area contributed by atoms with Crippen LogP contribution in [-0.4, -0.2) is 11.7 Å². The zero-order valence-electron chi connectivity index (χ0n) is 7.96. The number of benzene rings is 1. The molecule has 1 aliphatic rings. The molecule has 76 valence electrons. The monoisotopic (exact) mass is 255 g/mol. The molecule has 1 aromatic carbocycles. The second-order valence-electron chi connectivity index (χ2n) is 3.85. The molecule has 0 radical (unpaired) electrons. The average Bonchev–Trinajstić information content (AvgIpc) is 2.95. The normalized spacial score (nSPS) is 15.8. The lowest BCUT2D eigenvalue weighted by Crippen LogP contribution is -2.16. The van der Waals surface area contributed by atoms with Crippen molar-refractivity contribution in [2.45, 2.75) is 19.4 Å². The minimum atomic E-state index is 0.330. The maximum Gasteiger partial charge on any atom is 0.115 e. The molecule has 1 fully saturated rings. The topological polar surface area (TPSA) is 32.3 Å². The lowest BCUT2D eigenvalue weighted by Gasteiger charge is -2.06. The minimum absolute atomic E-state index is 0.330. The van der Waals surface area contributed by atoms with Gasteiger partial charge in [-0.05, 0) is 49.1 Å². The predicted octanol–water partition coefficient (Wildman–Crippen LogP) is 2.65. The van der Waals surface area contributed by atoms with Crippen LogP contribution in [0.25, 0.3) is 0 Å². The van der Waals surface area contributed by atoms with Crippen molar-refractivity contribution in [2.24, 2.45) is 5.92 Å². The smallest absolute Gasteiger partial charge is 0.115 e. The molecule has 0 heterocycles. The van der Waals surface area contributed by atoms with Gasteiger partial charge in [0.1, 0.15) is 5.75 Å². The van der Waals surface area contributed by atoms with E-state index in [0.717, 1.165) is 29.0 Å². The number of aromatic hydroxyl groups is 1. The zero-order chi connectivity index (χ0) is 9.97. The van der Waals surface area contributed by atoms with Crippen molar-refractivity contribution in [3.63, 3.8) is 0 Å². The highest BCUT2D eigenvalue weighted by molar-refractivity contribution is 9.10. The summed E-state index contributed by atoms with van der Waals surface area (Å²) in [5.74, 6) is 1.22. The number of phenols is 1. The first kappa shape index (κ1) is 9.99. The largest absolute Gasteiger partial charge is 0.508 e. The summed E-state index contributed by atoms with van der Waals surface area (Å²) < 4.78 is 1.05. The summed E-state index contributed by atoms with van der Waals surface area (Å²) in [5, 5.41) is 12.7. The van der Waals surface area contributed by atoms with Crippen LogP contribution in [0.2, 0.25) is 0 Å². The van der Waals surface area contributed by atoms with Crippen LogP contribution >= 0.6 is 15.9 Å². The van der Waals surface area contributed by atoms with Gasteiger partial charge in [0, 0.05) is 11.0 Å². The van der Waals surface area contributed by atoms with Crippen LogP contribution in [0.4, 0.5) is 0 Å². The summed E-state index contributed by atoms with van der Waals surface area (Å²) in [5.41, 5.74) is 1.12. The maximum absolute atomic E-state index is 9.31. The number of halogens is 1. The molecule has 3 heteroatoms. The summed E-state index contributed by atoms with van der Waals surface area (Å²) >= 11 is 3.46. The molecule has 0 aliphatic heterocycles. The van der Waals surface area contributed by atoms with E-state index in [4.69, 9.17) is 0 Å². The van der Waals surface area contributed by atoms with Crippen molar-refractivity contribution in [1.82, 2.24) is 5.32 Å². The fraction of sp³-hybridized carbons (Fsp3) is 0.455. The van der Waals surface area contributed by atoms with Gasteiger partial charge < -0.3 is 10.4 Å². The quantitative estimate of drug-likeness (QED) is 0.868. The third-order valence-corrected chi connectivity index (χ3v) is 3.25. The molecule has 1 aromatic rings. The van der Waals surface area contributed by atoms with Gasteiger partial charge in [0.2, 0.25) is 0 Å². The van der Waals surface area contributed by atoms with Crippen LogP contribution in [0.5, 0.6) is 5.75 Å². The van der Waals surface area contributed by atoms with E-state index in [2.05, 4.69) is 21.2 Å². The molecule has 0 unspecified atom stereocenters. The Kier molecular flexibility index (Phi) is 3.08. The number of hydrogen-bond donors (Lipinski definition) is 2. The molecule has 0 saturated heterocycles. The molecule has 0 aromatic heterocycles. The Morgan fingerprint density at radius 2 is 2.21 bits per heavy atom. The van der Waals surface area contributed by atoms with Crippen molar-refractivity contribution in [3.05, 3.63) is 28.2 Å².